The highest BCUT2D eigenvalue weighted by atomic mass is 16.1. The lowest BCUT2D eigenvalue weighted by molar-refractivity contribution is 0.112. The van der Waals surface area contributed by atoms with E-state index in [0.29, 0.717) is 17.0 Å². The molecule has 0 unspecified atom stereocenters. The van der Waals surface area contributed by atoms with Crippen molar-refractivity contribution in [3.8, 4) is 11.4 Å². The molecule has 0 N–H and O–H groups in total. The molecule has 1 aromatic carbocycles. The van der Waals surface area contributed by atoms with Gasteiger partial charge in [-0.2, -0.15) is 0 Å². The molecule has 0 spiro atoms. The molecule has 4 heteroatoms. The maximum absolute atomic E-state index is 10.7. The van der Waals surface area contributed by atoms with Crippen LogP contribution in [-0.4, -0.2) is 20.9 Å². The van der Waals surface area contributed by atoms with Gasteiger partial charge in [0, 0.05) is 17.3 Å². The Morgan fingerprint density at radius 1 is 1.22 bits per heavy atom. The summed E-state index contributed by atoms with van der Waals surface area (Å²) in [5.74, 6) is 0.668. The van der Waals surface area contributed by atoms with Crippen LogP contribution in [0.5, 0.6) is 0 Å². The van der Waals surface area contributed by atoms with Crippen LogP contribution >= 0.6 is 0 Å². The van der Waals surface area contributed by atoms with Crippen molar-refractivity contribution in [1.82, 2.24) is 14.6 Å². The molecule has 0 amide bonds. The SMILES string of the molecule is Cc1cccc(-c2nc3cc(C=O)ccn3n2)c1. The summed E-state index contributed by atoms with van der Waals surface area (Å²) in [5, 5.41) is 4.39. The van der Waals surface area contributed by atoms with Crippen LogP contribution in [0.15, 0.2) is 42.6 Å². The third-order valence-electron chi connectivity index (χ3n) is 2.77. The number of rotatable bonds is 2. The van der Waals surface area contributed by atoms with Gasteiger partial charge < -0.3 is 0 Å². The van der Waals surface area contributed by atoms with E-state index < -0.39 is 0 Å². The molecule has 0 fully saturated rings. The third-order valence-corrected chi connectivity index (χ3v) is 2.77. The number of pyridine rings is 1. The Morgan fingerprint density at radius 3 is 2.89 bits per heavy atom. The Morgan fingerprint density at radius 2 is 2.11 bits per heavy atom. The lowest BCUT2D eigenvalue weighted by atomic mass is 10.1. The summed E-state index contributed by atoms with van der Waals surface area (Å²) >= 11 is 0. The number of benzene rings is 1. The van der Waals surface area contributed by atoms with Gasteiger partial charge in [-0.05, 0) is 25.1 Å². The molecule has 0 radical (unpaired) electrons. The first-order valence-electron chi connectivity index (χ1n) is 5.65. The van der Waals surface area contributed by atoms with E-state index in [-0.39, 0.29) is 0 Å². The molecule has 2 aromatic heterocycles. The van der Waals surface area contributed by atoms with E-state index >= 15 is 0 Å². The van der Waals surface area contributed by atoms with E-state index in [2.05, 4.69) is 10.1 Å². The summed E-state index contributed by atoms with van der Waals surface area (Å²) < 4.78 is 1.67. The van der Waals surface area contributed by atoms with Gasteiger partial charge in [0.05, 0.1) is 0 Å². The molecule has 18 heavy (non-hydrogen) atoms. The van der Waals surface area contributed by atoms with Gasteiger partial charge in [0.15, 0.2) is 11.5 Å². The van der Waals surface area contributed by atoms with Crippen LogP contribution in [0.25, 0.3) is 17.0 Å². The summed E-state index contributed by atoms with van der Waals surface area (Å²) in [5.41, 5.74) is 3.42. The van der Waals surface area contributed by atoms with Crippen molar-refractivity contribution < 1.29 is 4.79 Å². The molecule has 0 saturated carbocycles. The minimum absolute atomic E-state index is 0.602. The first-order valence-corrected chi connectivity index (χ1v) is 5.65. The summed E-state index contributed by atoms with van der Waals surface area (Å²) in [4.78, 5) is 15.1. The first-order chi connectivity index (χ1) is 8.76. The zero-order valence-electron chi connectivity index (χ0n) is 9.87. The quantitative estimate of drug-likeness (QED) is 0.643. The second-order valence-electron chi connectivity index (χ2n) is 4.19. The van der Waals surface area contributed by atoms with Crippen LogP contribution in [0.1, 0.15) is 15.9 Å². The average molecular weight is 237 g/mol. The minimum Gasteiger partial charge on any atom is -0.298 e. The predicted molar refractivity (Wildman–Crippen MR) is 68.5 cm³/mol. The van der Waals surface area contributed by atoms with Crippen molar-refractivity contribution in [2.75, 3.05) is 0 Å². The third kappa shape index (κ3) is 1.78. The van der Waals surface area contributed by atoms with Crippen molar-refractivity contribution in [3.05, 3.63) is 53.7 Å². The monoisotopic (exact) mass is 237 g/mol. The van der Waals surface area contributed by atoms with Gasteiger partial charge >= 0.3 is 0 Å². The normalized spacial score (nSPS) is 10.7. The number of carbonyl (C=O) groups is 1. The minimum atomic E-state index is 0.602. The van der Waals surface area contributed by atoms with E-state index in [1.54, 1.807) is 22.8 Å². The number of hydrogen-bond donors (Lipinski definition) is 0. The number of hydrogen-bond acceptors (Lipinski definition) is 3. The number of aromatic nitrogens is 3. The Labute approximate surface area is 104 Å². The highest BCUT2D eigenvalue weighted by Gasteiger charge is 2.06. The van der Waals surface area contributed by atoms with Crippen molar-refractivity contribution >= 4 is 11.9 Å². The Balaban J connectivity index is 2.16. The van der Waals surface area contributed by atoms with Crippen molar-refractivity contribution in [1.29, 1.82) is 0 Å². The Kier molecular flexibility index (Phi) is 2.41. The molecule has 4 nitrogen and oxygen atoms in total. The number of aldehydes is 1. The molecule has 0 aliphatic rings. The Bertz CT molecular complexity index is 731. The zero-order chi connectivity index (χ0) is 12.5. The first kappa shape index (κ1) is 10.7. The van der Waals surface area contributed by atoms with Gasteiger partial charge in [-0.15, -0.1) is 5.10 Å². The molecule has 0 bridgehead atoms. The fourth-order valence-corrected chi connectivity index (χ4v) is 1.88. The van der Waals surface area contributed by atoms with Gasteiger partial charge in [-0.1, -0.05) is 23.8 Å². The fraction of sp³-hybridized carbons (Fsp3) is 0.0714. The maximum Gasteiger partial charge on any atom is 0.182 e. The Hall–Kier alpha value is -2.49. The van der Waals surface area contributed by atoms with Crippen molar-refractivity contribution in [3.63, 3.8) is 0 Å². The molecule has 0 saturated heterocycles. The van der Waals surface area contributed by atoms with E-state index in [0.717, 1.165) is 11.8 Å². The second-order valence-corrected chi connectivity index (χ2v) is 4.19. The predicted octanol–water partition coefficient (Wildman–Crippen LogP) is 2.52. The van der Waals surface area contributed by atoms with Gasteiger partial charge in [0.2, 0.25) is 0 Å². The molecule has 3 aromatic rings. The summed E-state index contributed by atoms with van der Waals surface area (Å²) in [6.45, 7) is 2.03. The van der Waals surface area contributed by atoms with E-state index in [4.69, 9.17) is 0 Å². The largest absolute Gasteiger partial charge is 0.298 e. The lowest BCUT2D eigenvalue weighted by Gasteiger charge is -1.95. The molecule has 0 aliphatic heterocycles. The maximum atomic E-state index is 10.7. The van der Waals surface area contributed by atoms with Crippen molar-refractivity contribution in [2.24, 2.45) is 0 Å². The van der Waals surface area contributed by atoms with Gasteiger partial charge in [0.25, 0.3) is 0 Å². The van der Waals surface area contributed by atoms with E-state index in [1.165, 1.54) is 5.56 Å². The fourth-order valence-electron chi connectivity index (χ4n) is 1.88. The molecule has 88 valence electrons. The van der Waals surface area contributed by atoms with Crippen LogP contribution in [0.2, 0.25) is 0 Å². The van der Waals surface area contributed by atoms with Crippen LogP contribution in [-0.2, 0) is 0 Å². The number of fused-ring (bicyclic) bond motifs is 1. The van der Waals surface area contributed by atoms with Crippen molar-refractivity contribution in [2.45, 2.75) is 6.92 Å². The smallest absolute Gasteiger partial charge is 0.182 e. The van der Waals surface area contributed by atoms with Crippen LogP contribution in [0, 0.1) is 6.92 Å². The summed E-state index contributed by atoms with van der Waals surface area (Å²) in [7, 11) is 0. The topological polar surface area (TPSA) is 47.3 Å². The lowest BCUT2D eigenvalue weighted by Crippen LogP contribution is -1.88. The molecule has 0 atom stereocenters. The molecule has 0 aliphatic carbocycles. The summed E-state index contributed by atoms with van der Waals surface area (Å²) in [6, 6.07) is 11.5. The number of aryl methyl sites for hydroxylation is 1. The van der Waals surface area contributed by atoms with Crippen LogP contribution in [0.3, 0.4) is 0 Å². The summed E-state index contributed by atoms with van der Waals surface area (Å²) in [6.07, 6.45) is 2.55. The van der Waals surface area contributed by atoms with Gasteiger partial charge in [0.1, 0.15) is 6.29 Å². The van der Waals surface area contributed by atoms with E-state index in [9.17, 15) is 4.79 Å². The van der Waals surface area contributed by atoms with Gasteiger partial charge in [-0.25, -0.2) is 9.50 Å². The number of carbonyl (C=O) groups excluding carboxylic acids is 1. The average Bonchev–Trinajstić information content (AvgIpc) is 2.81. The number of nitrogens with zero attached hydrogens (tertiary/aromatic N) is 3. The molecule has 3 rings (SSSR count). The molecular formula is C14H11N3O. The second kappa shape index (κ2) is 4.07. The standard InChI is InChI=1S/C14H11N3O/c1-10-3-2-4-12(7-10)14-15-13-8-11(9-18)5-6-17(13)16-14/h2-9H,1H3. The van der Waals surface area contributed by atoms with E-state index in [1.807, 2.05) is 31.2 Å². The zero-order valence-corrected chi connectivity index (χ0v) is 9.87. The highest BCUT2D eigenvalue weighted by molar-refractivity contribution is 5.76. The molecule has 2 heterocycles. The van der Waals surface area contributed by atoms with Crippen LogP contribution in [0.4, 0.5) is 0 Å². The van der Waals surface area contributed by atoms with Gasteiger partial charge in [-0.3, -0.25) is 4.79 Å². The van der Waals surface area contributed by atoms with Crippen LogP contribution < -0.4 is 0 Å². The highest BCUT2D eigenvalue weighted by Crippen LogP contribution is 2.17. The molecular weight excluding hydrogens is 226 g/mol.